The van der Waals surface area contributed by atoms with Gasteiger partial charge in [-0.3, -0.25) is 5.43 Å². The summed E-state index contributed by atoms with van der Waals surface area (Å²) < 4.78 is 15.8. The van der Waals surface area contributed by atoms with E-state index in [0.29, 0.717) is 40.2 Å². The Labute approximate surface area is 157 Å². The third-order valence-corrected chi connectivity index (χ3v) is 4.41. The number of hydrogen-bond donors (Lipinski definition) is 1. The Hall–Kier alpha value is -2.61. The Morgan fingerprint density at radius 2 is 2.12 bits per heavy atom. The number of hydrazone groups is 1. The lowest BCUT2D eigenvalue weighted by atomic mass is 10.2. The second-order valence-corrected chi connectivity index (χ2v) is 6.27. The SMILES string of the molecule is CCCOc1ccc(/C=N\Nc2nc(CC)c(C(=O)OC)s2)cc1OC. The summed E-state index contributed by atoms with van der Waals surface area (Å²) in [4.78, 5) is 16.6. The summed E-state index contributed by atoms with van der Waals surface area (Å²) >= 11 is 1.22. The number of carbonyl (C=O) groups is 1. The predicted octanol–water partition coefficient (Wildman–Crippen LogP) is 3.74. The number of esters is 1. The number of thiazole rings is 1. The highest BCUT2D eigenvalue weighted by Gasteiger charge is 2.17. The number of hydrogen-bond acceptors (Lipinski definition) is 8. The first-order chi connectivity index (χ1) is 12.6. The molecule has 2 rings (SSSR count). The summed E-state index contributed by atoms with van der Waals surface area (Å²) in [7, 11) is 2.96. The lowest BCUT2D eigenvalue weighted by Crippen LogP contribution is -2.01. The van der Waals surface area contributed by atoms with E-state index in [-0.39, 0.29) is 5.97 Å². The minimum absolute atomic E-state index is 0.385. The number of benzene rings is 1. The van der Waals surface area contributed by atoms with E-state index in [4.69, 9.17) is 14.2 Å². The molecule has 0 unspecified atom stereocenters. The molecule has 0 spiro atoms. The van der Waals surface area contributed by atoms with Gasteiger partial charge in [0, 0.05) is 0 Å². The molecule has 1 aromatic heterocycles. The van der Waals surface area contributed by atoms with Crippen LogP contribution in [0.25, 0.3) is 0 Å². The van der Waals surface area contributed by atoms with E-state index in [2.05, 4.69) is 15.5 Å². The van der Waals surface area contributed by atoms with Crippen molar-refractivity contribution in [2.24, 2.45) is 5.10 Å². The maximum atomic E-state index is 11.7. The molecule has 0 radical (unpaired) electrons. The molecule has 0 aliphatic carbocycles. The fourth-order valence-corrected chi connectivity index (χ4v) is 3.07. The molecule has 0 amide bonds. The second-order valence-electron chi connectivity index (χ2n) is 5.27. The zero-order chi connectivity index (χ0) is 18.9. The van der Waals surface area contributed by atoms with Crippen molar-refractivity contribution in [3.8, 4) is 11.5 Å². The molecule has 0 atom stereocenters. The van der Waals surface area contributed by atoms with E-state index in [1.807, 2.05) is 32.0 Å². The van der Waals surface area contributed by atoms with Crippen LogP contribution in [0.2, 0.25) is 0 Å². The van der Waals surface area contributed by atoms with E-state index < -0.39 is 0 Å². The topological polar surface area (TPSA) is 82.0 Å². The van der Waals surface area contributed by atoms with Crippen LogP contribution in [0.15, 0.2) is 23.3 Å². The zero-order valence-electron chi connectivity index (χ0n) is 15.4. The van der Waals surface area contributed by atoms with E-state index in [0.717, 1.165) is 12.0 Å². The molecule has 0 aliphatic rings. The van der Waals surface area contributed by atoms with Crippen LogP contribution in [-0.4, -0.2) is 38.0 Å². The number of aromatic nitrogens is 1. The lowest BCUT2D eigenvalue weighted by Gasteiger charge is -2.10. The van der Waals surface area contributed by atoms with Crippen molar-refractivity contribution < 1.29 is 19.0 Å². The summed E-state index contributed by atoms with van der Waals surface area (Å²) in [5.74, 6) is 0.969. The molecular weight excluding hydrogens is 354 g/mol. The van der Waals surface area contributed by atoms with Gasteiger partial charge in [0.25, 0.3) is 0 Å². The highest BCUT2D eigenvalue weighted by Crippen LogP contribution is 2.28. The van der Waals surface area contributed by atoms with Gasteiger partial charge in [0.15, 0.2) is 11.5 Å². The van der Waals surface area contributed by atoms with Crippen LogP contribution in [0, 0.1) is 0 Å². The minimum atomic E-state index is -0.385. The third kappa shape index (κ3) is 4.95. The molecule has 2 aromatic rings. The Bertz CT molecular complexity index is 774. The zero-order valence-corrected chi connectivity index (χ0v) is 16.2. The van der Waals surface area contributed by atoms with E-state index in [9.17, 15) is 4.79 Å². The lowest BCUT2D eigenvalue weighted by molar-refractivity contribution is 0.0605. The number of nitrogens with one attached hydrogen (secondary N) is 1. The number of methoxy groups -OCH3 is 2. The molecule has 0 saturated carbocycles. The fourth-order valence-electron chi connectivity index (χ4n) is 2.15. The standard InChI is InChI=1S/C18H23N3O4S/c1-5-9-25-14-8-7-12(10-15(14)23-3)11-19-21-18-20-13(6-2)16(26-18)17(22)24-4/h7-8,10-11H,5-6,9H2,1-4H3,(H,20,21)/b19-11-. The maximum absolute atomic E-state index is 11.7. The molecule has 140 valence electrons. The van der Waals surface area contributed by atoms with E-state index in [1.165, 1.54) is 18.4 Å². The largest absolute Gasteiger partial charge is 0.493 e. The molecular formula is C18H23N3O4S. The van der Waals surface area contributed by atoms with Crippen molar-refractivity contribution >= 4 is 28.7 Å². The van der Waals surface area contributed by atoms with Gasteiger partial charge in [0.05, 0.1) is 32.7 Å². The van der Waals surface area contributed by atoms with Crippen molar-refractivity contribution in [2.75, 3.05) is 26.3 Å². The quantitative estimate of drug-likeness (QED) is 0.407. The van der Waals surface area contributed by atoms with Crippen molar-refractivity contribution in [3.63, 3.8) is 0 Å². The average molecular weight is 377 g/mol. The van der Waals surface area contributed by atoms with Crippen LogP contribution in [-0.2, 0) is 11.2 Å². The summed E-state index contributed by atoms with van der Waals surface area (Å²) in [6.45, 7) is 4.62. The van der Waals surface area contributed by atoms with Gasteiger partial charge >= 0.3 is 5.97 Å². The predicted molar refractivity (Wildman–Crippen MR) is 103 cm³/mol. The average Bonchev–Trinajstić information content (AvgIpc) is 3.09. The summed E-state index contributed by atoms with van der Waals surface area (Å²) in [6, 6.07) is 5.58. The smallest absolute Gasteiger partial charge is 0.350 e. The number of aryl methyl sites for hydroxylation is 1. The van der Waals surface area contributed by atoms with Gasteiger partial charge in [-0.1, -0.05) is 25.2 Å². The Morgan fingerprint density at radius 1 is 1.31 bits per heavy atom. The van der Waals surface area contributed by atoms with Crippen LogP contribution >= 0.6 is 11.3 Å². The second kappa shape index (κ2) is 9.76. The minimum Gasteiger partial charge on any atom is -0.493 e. The third-order valence-electron chi connectivity index (χ3n) is 3.43. The summed E-state index contributed by atoms with van der Waals surface area (Å²) in [5.41, 5.74) is 4.39. The highest BCUT2D eigenvalue weighted by atomic mass is 32.1. The van der Waals surface area contributed by atoms with Gasteiger partial charge in [-0.25, -0.2) is 9.78 Å². The normalized spacial score (nSPS) is 10.8. The molecule has 1 N–H and O–H groups in total. The van der Waals surface area contributed by atoms with Crippen molar-refractivity contribution in [1.29, 1.82) is 0 Å². The van der Waals surface area contributed by atoms with Gasteiger partial charge in [0.2, 0.25) is 5.13 Å². The van der Waals surface area contributed by atoms with Crippen molar-refractivity contribution in [1.82, 2.24) is 4.98 Å². The Balaban J connectivity index is 2.08. The van der Waals surface area contributed by atoms with Gasteiger partial charge in [-0.15, -0.1) is 0 Å². The Kier molecular flexibility index (Phi) is 7.40. The number of nitrogens with zero attached hydrogens (tertiary/aromatic N) is 2. The summed E-state index contributed by atoms with van der Waals surface area (Å²) in [6.07, 6.45) is 3.22. The number of carbonyl (C=O) groups excluding carboxylic acids is 1. The van der Waals surface area contributed by atoms with E-state index in [1.54, 1.807) is 13.3 Å². The van der Waals surface area contributed by atoms with Gasteiger partial charge in [-0.2, -0.15) is 5.10 Å². The molecule has 0 aliphatic heterocycles. The van der Waals surface area contributed by atoms with E-state index >= 15 is 0 Å². The molecule has 1 aromatic carbocycles. The first kappa shape index (κ1) is 19.7. The van der Waals surface area contributed by atoms with Crippen LogP contribution in [0.3, 0.4) is 0 Å². The number of anilines is 1. The maximum Gasteiger partial charge on any atom is 0.350 e. The van der Waals surface area contributed by atoms with Crippen LogP contribution < -0.4 is 14.9 Å². The van der Waals surface area contributed by atoms with Crippen LogP contribution in [0.5, 0.6) is 11.5 Å². The molecule has 1 heterocycles. The van der Waals surface area contributed by atoms with Gasteiger partial charge in [-0.05, 0) is 36.6 Å². The molecule has 8 heteroatoms. The van der Waals surface area contributed by atoms with Gasteiger partial charge in [0.1, 0.15) is 4.88 Å². The molecule has 26 heavy (non-hydrogen) atoms. The van der Waals surface area contributed by atoms with Crippen molar-refractivity contribution in [3.05, 3.63) is 34.3 Å². The first-order valence-corrected chi connectivity index (χ1v) is 9.12. The van der Waals surface area contributed by atoms with Crippen LogP contribution in [0.4, 0.5) is 5.13 Å². The monoisotopic (exact) mass is 377 g/mol. The highest BCUT2D eigenvalue weighted by molar-refractivity contribution is 7.17. The first-order valence-electron chi connectivity index (χ1n) is 8.30. The molecule has 0 fully saturated rings. The number of rotatable bonds is 9. The van der Waals surface area contributed by atoms with Gasteiger partial charge < -0.3 is 14.2 Å². The summed E-state index contributed by atoms with van der Waals surface area (Å²) in [5, 5.41) is 4.71. The van der Waals surface area contributed by atoms with Crippen molar-refractivity contribution in [2.45, 2.75) is 26.7 Å². The molecule has 0 bridgehead atoms. The van der Waals surface area contributed by atoms with Crippen LogP contribution in [0.1, 0.15) is 41.2 Å². The molecule has 7 nitrogen and oxygen atoms in total. The number of ether oxygens (including phenoxy) is 3. The Morgan fingerprint density at radius 3 is 2.77 bits per heavy atom. The fraction of sp³-hybridized carbons (Fsp3) is 0.389. The molecule has 0 saturated heterocycles.